The molecular weight excluding hydrogens is 350 g/mol. The number of hydrogen-bond acceptors (Lipinski definition) is 4. The topological polar surface area (TPSA) is 72.7 Å². The number of carbonyl (C=O) groups excluding carboxylic acids is 1. The molecular formula is C22H19N5O. The van der Waals surface area contributed by atoms with Crippen molar-refractivity contribution in [3.63, 3.8) is 0 Å². The Morgan fingerprint density at radius 1 is 0.893 bits per heavy atom. The van der Waals surface area contributed by atoms with Gasteiger partial charge in [0.1, 0.15) is 0 Å². The molecule has 3 aromatic carbocycles. The molecule has 0 fully saturated rings. The molecule has 138 valence electrons. The molecule has 1 aromatic heterocycles. The average molecular weight is 369 g/mol. The summed E-state index contributed by atoms with van der Waals surface area (Å²) in [5.41, 5.74) is 4.79. The first-order valence-electron chi connectivity index (χ1n) is 8.99. The molecule has 0 saturated heterocycles. The van der Waals surface area contributed by atoms with E-state index < -0.39 is 0 Å². The van der Waals surface area contributed by atoms with Crippen LogP contribution in [0.5, 0.6) is 0 Å². The van der Waals surface area contributed by atoms with Crippen molar-refractivity contribution in [1.29, 1.82) is 0 Å². The van der Waals surface area contributed by atoms with E-state index in [0.29, 0.717) is 11.4 Å². The maximum absolute atomic E-state index is 12.5. The lowest BCUT2D eigenvalue weighted by Crippen LogP contribution is -2.24. The first-order chi connectivity index (χ1) is 13.7. The van der Waals surface area contributed by atoms with Crippen LogP contribution in [0.2, 0.25) is 0 Å². The molecule has 0 aliphatic carbocycles. The standard InChI is InChI=1S/C22H19N5O/c1-16-7-13-20(14-8-16)27-21(24-25-26-27)15-23-22(28)19-11-9-18(10-12-19)17-5-3-2-4-6-17/h2-14H,15H2,1H3,(H,23,28). The normalized spacial score (nSPS) is 10.6. The summed E-state index contributed by atoms with van der Waals surface area (Å²) in [5, 5.41) is 14.6. The van der Waals surface area contributed by atoms with Crippen LogP contribution in [0.3, 0.4) is 0 Å². The van der Waals surface area contributed by atoms with Gasteiger partial charge in [-0.3, -0.25) is 4.79 Å². The van der Waals surface area contributed by atoms with Gasteiger partial charge in [-0.2, -0.15) is 4.68 Å². The average Bonchev–Trinajstić information content (AvgIpc) is 3.22. The third kappa shape index (κ3) is 3.81. The highest BCUT2D eigenvalue weighted by atomic mass is 16.1. The zero-order chi connectivity index (χ0) is 19.3. The van der Waals surface area contributed by atoms with Gasteiger partial charge in [0, 0.05) is 5.56 Å². The third-order valence-electron chi connectivity index (χ3n) is 4.47. The maximum atomic E-state index is 12.5. The molecule has 0 atom stereocenters. The number of hydrogen-bond donors (Lipinski definition) is 1. The van der Waals surface area contributed by atoms with Crippen LogP contribution in [-0.2, 0) is 6.54 Å². The summed E-state index contributed by atoms with van der Waals surface area (Å²) < 4.78 is 1.62. The summed E-state index contributed by atoms with van der Waals surface area (Å²) in [6.45, 7) is 2.26. The van der Waals surface area contributed by atoms with Crippen molar-refractivity contribution in [2.24, 2.45) is 0 Å². The van der Waals surface area contributed by atoms with Gasteiger partial charge >= 0.3 is 0 Å². The number of tetrazole rings is 1. The number of amides is 1. The van der Waals surface area contributed by atoms with Crippen LogP contribution in [-0.4, -0.2) is 26.1 Å². The van der Waals surface area contributed by atoms with Gasteiger partial charge in [0.15, 0.2) is 5.82 Å². The highest BCUT2D eigenvalue weighted by molar-refractivity contribution is 5.94. The lowest BCUT2D eigenvalue weighted by molar-refractivity contribution is 0.0949. The van der Waals surface area contributed by atoms with Crippen molar-refractivity contribution in [1.82, 2.24) is 25.5 Å². The molecule has 0 radical (unpaired) electrons. The zero-order valence-corrected chi connectivity index (χ0v) is 15.4. The highest BCUT2D eigenvalue weighted by Crippen LogP contribution is 2.19. The largest absolute Gasteiger partial charge is 0.345 e. The predicted octanol–water partition coefficient (Wildman–Crippen LogP) is 3.57. The van der Waals surface area contributed by atoms with Crippen LogP contribution in [0.1, 0.15) is 21.7 Å². The lowest BCUT2D eigenvalue weighted by Gasteiger charge is -2.08. The molecule has 1 N–H and O–H groups in total. The number of aryl methyl sites for hydroxylation is 1. The number of rotatable bonds is 5. The second-order valence-corrected chi connectivity index (χ2v) is 6.47. The molecule has 4 aromatic rings. The van der Waals surface area contributed by atoms with E-state index in [1.807, 2.05) is 85.8 Å². The molecule has 6 nitrogen and oxygen atoms in total. The molecule has 6 heteroatoms. The lowest BCUT2D eigenvalue weighted by atomic mass is 10.0. The fourth-order valence-electron chi connectivity index (χ4n) is 2.91. The quantitative estimate of drug-likeness (QED) is 0.584. The molecule has 0 spiro atoms. The smallest absolute Gasteiger partial charge is 0.251 e. The molecule has 0 unspecified atom stereocenters. The van der Waals surface area contributed by atoms with E-state index in [1.165, 1.54) is 0 Å². The van der Waals surface area contributed by atoms with Crippen molar-refractivity contribution in [2.75, 3.05) is 0 Å². The van der Waals surface area contributed by atoms with Crippen LogP contribution >= 0.6 is 0 Å². The Kier molecular flexibility index (Phi) is 4.93. The summed E-state index contributed by atoms with van der Waals surface area (Å²) >= 11 is 0. The van der Waals surface area contributed by atoms with Crippen LogP contribution < -0.4 is 5.32 Å². The monoisotopic (exact) mass is 369 g/mol. The molecule has 4 rings (SSSR count). The summed E-state index contributed by atoms with van der Waals surface area (Å²) in [4.78, 5) is 12.5. The maximum Gasteiger partial charge on any atom is 0.251 e. The number of nitrogens with one attached hydrogen (secondary N) is 1. The fraction of sp³-hybridized carbons (Fsp3) is 0.0909. The first kappa shape index (κ1) is 17.6. The summed E-state index contributed by atoms with van der Waals surface area (Å²) in [6, 6.07) is 25.5. The van der Waals surface area contributed by atoms with Gasteiger partial charge in [-0.05, 0) is 52.7 Å². The summed E-state index contributed by atoms with van der Waals surface area (Å²) in [6.07, 6.45) is 0. The highest BCUT2D eigenvalue weighted by Gasteiger charge is 2.11. The van der Waals surface area contributed by atoms with Crippen LogP contribution in [0.15, 0.2) is 78.9 Å². The van der Waals surface area contributed by atoms with Crippen molar-refractivity contribution in [3.05, 3.63) is 95.8 Å². The number of benzene rings is 3. The fourth-order valence-corrected chi connectivity index (χ4v) is 2.91. The molecule has 28 heavy (non-hydrogen) atoms. The van der Waals surface area contributed by atoms with Gasteiger partial charge in [0.25, 0.3) is 5.91 Å². The van der Waals surface area contributed by atoms with E-state index in [4.69, 9.17) is 0 Å². The Morgan fingerprint density at radius 3 is 2.29 bits per heavy atom. The van der Waals surface area contributed by atoms with Gasteiger partial charge in [-0.25, -0.2) is 0 Å². The molecule has 0 aliphatic rings. The van der Waals surface area contributed by atoms with Gasteiger partial charge < -0.3 is 5.32 Å². The van der Waals surface area contributed by atoms with Gasteiger partial charge in [0.2, 0.25) is 0 Å². The van der Waals surface area contributed by atoms with Crippen molar-refractivity contribution >= 4 is 5.91 Å². The summed E-state index contributed by atoms with van der Waals surface area (Å²) in [7, 11) is 0. The van der Waals surface area contributed by atoms with Crippen molar-refractivity contribution in [2.45, 2.75) is 13.5 Å². The van der Waals surface area contributed by atoms with Gasteiger partial charge in [-0.1, -0.05) is 60.2 Å². The molecule has 1 amide bonds. The second-order valence-electron chi connectivity index (χ2n) is 6.47. The van der Waals surface area contributed by atoms with E-state index in [1.54, 1.807) is 4.68 Å². The van der Waals surface area contributed by atoms with Crippen molar-refractivity contribution < 1.29 is 4.79 Å². The second kappa shape index (κ2) is 7.84. The van der Waals surface area contributed by atoms with Crippen LogP contribution in [0.25, 0.3) is 16.8 Å². The van der Waals surface area contributed by atoms with E-state index >= 15 is 0 Å². The van der Waals surface area contributed by atoms with E-state index in [-0.39, 0.29) is 12.5 Å². The van der Waals surface area contributed by atoms with E-state index in [0.717, 1.165) is 22.4 Å². The van der Waals surface area contributed by atoms with Crippen molar-refractivity contribution in [3.8, 4) is 16.8 Å². The van der Waals surface area contributed by atoms with Crippen LogP contribution in [0, 0.1) is 6.92 Å². The Balaban J connectivity index is 1.44. The number of carbonyl (C=O) groups is 1. The molecule has 0 aliphatic heterocycles. The number of nitrogens with zero attached hydrogens (tertiary/aromatic N) is 4. The summed E-state index contributed by atoms with van der Waals surface area (Å²) in [5.74, 6) is 0.399. The molecule has 0 saturated carbocycles. The third-order valence-corrected chi connectivity index (χ3v) is 4.47. The van der Waals surface area contributed by atoms with Crippen LogP contribution in [0.4, 0.5) is 0 Å². The molecule has 0 bridgehead atoms. The Hall–Kier alpha value is -3.80. The minimum absolute atomic E-state index is 0.168. The minimum Gasteiger partial charge on any atom is -0.345 e. The minimum atomic E-state index is -0.168. The SMILES string of the molecule is Cc1ccc(-n2nnnc2CNC(=O)c2ccc(-c3ccccc3)cc2)cc1. The Morgan fingerprint density at radius 2 is 1.57 bits per heavy atom. The first-order valence-corrected chi connectivity index (χ1v) is 8.99. The predicted molar refractivity (Wildman–Crippen MR) is 107 cm³/mol. The van der Waals surface area contributed by atoms with E-state index in [2.05, 4.69) is 20.8 Å². The Bertz CT molecular complexity index is 1070. The van der Waals surface area contributed by atoms with Gasteiger partial charge in [-0.15, -0.1) is 5.10 Å². The van der Waals surface area contributed by atoms with Gasteiger partial charge in [0.05, 0.1) is 12.2 Å². The zero-order valence-electron chi connectivity index (χ0n) is 15.4. The molecule has 1 heterocycles. The Labute approximate surface area is 162 Å². The number of aromatic nitrogens is 4. The van der Waals surface area contributed by atoms with E-state index in [9.17, 15) is 4.79 Å².